The summed E-state index contributed by atoms with van der Waals surface area (Å²) in [6, 6.07) is 5.84. The molecule has 2 amide bonds. The van der Waals surface area contributed by atoms with Gasteiger partial charge in [-0.05, 0) is 42.4 Å². The van der Waals surface area contributed by atoms with Crippen LogP contribution in [0.5, 0.6) is 0 Å². The van der Waals surface area contributed by atoms with Crippen molar-refractivity contribution in [3.63, 3.8) is 0 Å². The zero-order chi connectivity index (χ0) is 22.3. The zero-order valence-electron chi connectivity index (χ0n) is 18.3. The van der Waals surface area contributed by atoms with Gasteiger partial charge in [-0.2, -0.15) is 5.10 Å². The third-order valence-electron chi connectivity index (χ3n) is 6.68. The highest BCUT2D eigenvalue weighted by atomic mass is 16.1. The molecular formula is C23H28N6O2. The second kappa shape index (κ2) is 7.68. The molecule has 4 N–H and O–H groups in total. The number of carbonyl (C=O) groups is 2. The van der Waals surface area contributed by atoms with Gasteiger partial charge < -0.3 is 16.4 Å². The number of nitrogens with zero attached hydrogens (tertiary/aromatic N) is 3. The number of anilines is 2. The van der Waals surface area contributed by atoms with Gasteiger partial charge in [0, 0.05) is 36.5 Å². The van der Waals surface area contributed by atoms with Crippen LogP contribution in [0.1, 0.15) is 50.9 Å². The Labute approximate surface area is 181 Å². The van der Waals surface area contributed by atoms with Gasteiger partial charge in [-0.25, -0.2) is 9.50 Å². The van der Waals surface area contributed by atoms with E-state index in [1.165, 1.54) is 13.1 Å². The van der Waals surface area contributed by atoms with Crippen molar-refractivity contribution in [2.75, 3.05) is 10.6 Å². The Balaban J connectivity index is 1.74. The van der Waals surface area contributed by atoms with Crippen molar-refractivity contribution in [2.24, 2.45) is 17.1 Å². The Morgan fingerprint density at radius 1 is 1.19 bits per heavy atom. The van der Waals surface area contributed by atoms with E-state index >= 15 is 0 Å². The number of nitrogens with two attached hydrogens (primary N) is 1. The quantitative estimate of drug-likeness (QED) is 0.582. The normalized spacial score (nSPS) is 20.0. The molecule has 0 bridgehead atoms. The van der Waals surface area contributed by atoms with E-state index in [4.69, 9.17) is 5.73 Å². The summed E-state index contributed by atoms with van der Waals surface area (Å²) in [5.74, 6) is 0.396. The van der Waals surface area contributed by atoms with Crippen LogP contribution in [-0.2, 0) is 4.79 Å². The average Bonchev–Trinajstić information content (AvgIpc) is 3.24. The van der Waals surface area contributed by atoms with E-state index in [0.29, 0.717) is 23.0 Å². The molecule has 4 rings (SSSR count). The van der Waals surface area contributed by atoms with Crippen molar-refractivity contribution in [1.29, 1.82) is 0 Å². The number of fused-ring (bicyclic) bond motifs is 1. The molecule has 3 aromatic rings. The minimum absolute atomic E-state index is 0.0913. The Morgan fingerprint density at radius 2 is 1.97 bits per heavy atom. The maximum absolute atomic E-state index is 12.2. The van der Waals surface area contributed by atoms with Crippen LogP contribution in [0.2, 0.25) is 0 Å². The summed E-state index contributed by atoms with van der Waals surface area (Å²) < 4.78 is 1.75. The summed E-state index contributed by atoms with van der Waals surface area (Å²) in [5, 5.41) is 10.7. The lowest BCUT2D eigenvalue weighted by Crippen LogP contribution is -2.35. The fraction of sp³-hybridized carbons (Fsp3) is 0.391. The Bertz CT molecular complexity index is 1150. The summed E-state index contributed by atoms with van der Waals surface area (Å²) in [6.07, 6.45) is 7.27. The summed E-state index contributed by atoms with van der Waals surface area (Å²) in [6.45, 7) is 8.23. The van der Waals surface area contributed by atoms with Crippen LogP contribution >= 0.6 is 0 Å². The summed E-state index contributed by atoms with van der Waals surface area (Å²) in [7, 11) is 0. The molecule has 3 heterocycles. The molecule has 2 atom stereocenters. The van der Waals surface area contributed by atoms with Gasteiger partial charge in [0.1, 0.15) is 5.82 Å². The van der Waals surface area contributed by atoms with Gasteiger partial charge in [-0.3, -0.25) is 9.59 Å². The molecule has 8 nitrogen and oxygen atoms in total. The second-order valence-electron chi connectivity index (χ2n) is 8.97. The number of hydrogen-bond donors (Lipinski definition) is 3. The van der Waals surface area contributed by atoms with E-state index in [1.807, 2.05) is 18.3 Å². The molecule has 31 heavy (non-hydrogen) atoms. The Hall–Kier alpha value is -3.42. The average molecular weight is 421 g/mol. The molecule has 1 fully saturated rings. The third kappa shape index (κ3) is 3.85. The van der Waals surface area contributed by atoms with E-state index in [9.17, 15) is 9.59 Å². The summed E-state index contributed by atoms with van der Waals surface area (Å²) >= 11 is 0. The monoisotopic (exact) mass is 420 g/mol. The molecule has 8 heteroatoms. The molecule has 3 aromatic heterocycles. The molecule has 1 aliphatic carbocycles. The maximum atomic E-state index is 12.2. The molecule has 162 valence electrons. The van der Waals surface area contributed by atoms with Gasteiger partial charge in [0.25, 0.3) is 5.91 Å². The molecular weight excluding hydrogens is 392 g/mol. The van der Waals surface area contributed by atoms with Gasteiger partial charge >= 0.3 is 0 Å². The van der Waals surface area contributed by atoms with Crippen LogP contribution in [0.3, 0.4) is 0 Å². The van der Waals surface area contributed by atoms with Gasteiger partial charge in [0.05, 0.1) is 23.0 Å². The molecule has 0 aliphatic heterocycles. The predicted molar refractivity (Wildman–Crippen MR) is 121 cm³/mol. The number of primary amides is 1. The van der Waals surface area contributed by atoms with Crippen molar-refractivity contribution in [1.82, 2.24) is 14.6 Å². The van der Waals surface area contributed by atoms with Crippen molar-refractivity contribution < 1.29 is 9.59 Å². The predicted octanol–water partition coefficient (Wildman–Crippen LogP) is 3.69. The molecule has 0 aromatic carbocycles. The molecule has 1 aliphatic rings. The summed E-state index contributed by atoms with van der Waals surface area (Å²) in [5.41, 5.74) is 9.42. The fourth-order valence-corrected chi connectivity index (χ4v) is 4.31. The standard InChI is InChI=1S/C23H28N6O2/c1-13-5-7-19(23(13,3)4)28-21-17(22(24)31)11-26-29-12-16(9-18(21)29)15-6-8-20(25-10-15)27-14(2)30/h6,8-13,19,28H,5,7H2,1-4H3,(H2,24,31)(H,25,27,30)/t13?,19-/m1/s1. The van der Waals surface area contributed by atoms with Crippen LogP contribution in [0.15, 0.2) is 36.8 Å². The lowest BCUT2D eigenvalue weighted by atomic mass is 9.80. The van der Waals surface area contributed by atoms with Crippen LogP contribution in [-0.4, -0.2) is 32.5 Å². The maximum Gasteiger partial charge on any atom is 0.252 e. The lowest BCUT2D eigenvalue weighted by molar-refractivity contribution is -0.114. The van der Waals surface area contributed by atoms with Crippen molar-refractivity contribution in [3.8, 4) is 11.1 Å². The van der Waals surface area contributed by atoms with Gasteiger partial charge in [0.15, 0.2) is 0 Å². The first kappa shape index (κ1) is 20.8. The number of amides is 2. The minimum Gasteiger partial charge on any atom is -0.379 e. The lowest BCUT2D eigenvalue weighted by Gasteiger charge is -2.33. The molecule has 0 radical (unpaired) electrons. The first-order chi connectivity index (χ1) is 14.7. The Kier molecular flexibility index (Phi) is 5.16. The number of aromatic nitrogens is 3. The highest BCUT2D eigenvalue weighted by molar-refractivity contribution is 6.02. The van der Waals surface area contributed by atoms with Crippen LogP contribution < -0.4 is 16.4 Å². The van der Waals surface area contributed by atoms with E-state index in [1.54, 1.807) is 16.8 Å². The van der Waals surface area contributed by atoms with E-state index < -0.39 is 5.91 Å². The van der Waals surface area contributed by atoms with Gasteiger partial charge in [-0.15, -0.1) is 0 Å². The first-order valence-electron chi connectivity index (χ1n) is 10.5. The highest BCUT2D eigenvalue weighted by Gasteiger charge is 2.41. The number of rotatable bonds is 5. The van der Waals surface area contributed by atoms with Gasteiger partial charge in [0.2, 0.25) is 5.91 Å². The SMILES string of the molecule is CC(=O)Nc1ccc(-c2cc3c(N[C@@H]4CCC(C)C4(C)C)c(C(N)=O)cnn3c2)cn1. The van der Waals surface area contributed by atoms with Crippen molar-refractivity contribution in [2.45, 2.75) is 46.6 Å². The summed E-state index contributed by atoms with van der Waals surface area (Å²) in [4.78, 5) is 27.7. The van der Waals surface area contributed by atoms with Crippen molar-refractivity contribution >= 4 is 28.8 Å². The molecule has 1 unspecified atom stereocenters. The Morgan fingerprint density at radius 3 is 2.55 bits per heavy atom. The third-order valence-corrected chi connectivity index (χ3v) is 6.68. The van der Waals surface area contributed by atoms with Crippen LogP contribution in [0, 0.1) is 11.3 Å². The topological polar surface area (TPSA) is 114 Å². The van der Waals surface area contributed by atoms with Crippen LogP contribution in [0.25, 0.3) is 16.6 Å². The molecule has 0 spiro atoms. The number of hydrogen-bond acceptors (Lipinski definition) is 5. The molecule has 0 saturated heterocycles. The second-order valence-corrected chi connectivity index (χ2v) is 8.97. The number of carbonyl (C=O) groups excluding carboxylic acids is 2. The smallest absolute Gasteiger partial charge is 0.252 e. The highest BCUT2D eigenvalue weighted by Crippen LogP contribution is 2.44. The fourth-order valence-electron chi connectivity index (χ4n) is 4.31. The van der Waals surface area contributed by atoms with Crippen molar-refractivity contribution in [3.05, 3.63) is 42.4 Å². The first-order valence-corrected chi connectivity index (χ1v) is 10.5. The van der Waals surface area contributed by atoms with E-state index in [0.717, 1.165) is 29.5 Å². The van der Waals surface area contributed by atoms with E-state index in [2.05, 4.69) is 41.5 Å². The van der Waals surface area contributed by atoms with Crippen LogP contribution in [0.4, 0.5) is 11.5 Å². The number of nitrogens with one attached hydrogen (secondary N) is 2. The minimum atomic E-state index is -0.509. The van der Waals surface area contributed by atoms with Gasteiger partial charge in [-0.1, -0.05) is 20.8 Å². The largest absolute Gasteiger partial charge is 0.379 e. The molecule has 1 saturated carbocycles. The number of pyridine rings is 1. The van der Waals surface area contributed by atoms with E-state index in [-0.39, 0.29) is 17.4 Å². The zero-order valence-corrected chi connectivity index (χ0v) is 18.3.